The van der Waals surface area contributed by atoms with Gasteiger partial charge < -0.3 is 15.4 Å². The van der Waals surface area contributed by atoms with E-state index in [1.807, 2.05) is 0 Å². The van der Waals surface area contributed by atoms with Crippen molar-refractivity contribution >= 4 is 34.5 Å². The second kappa shape index (κ2) is 13.5. The Balaban J connectivity index is 1.18. The topological polar surface area (TPSA) is 132 Å². The highest BCUT2D eigenvalue weighted by atomic mass is 32.1. The number of ether oxygens (including phenoxy) is 1. The number of alkyl halides is 3. The van der Waals surface area contributed by atoms with Gasteiger partial charge in [-0.1, -0.05) is 22.7 Å². The summed E-state index contributed by atoms with van der Waals surface area (Å²) in [5.74, 6) is -0.991. The summed E-state index contributed by atoms with van der Waals surface area (Å²) in [4.78, 5) is 28.6. The number of rotatable bonds is 12. The highest BCUT2D eigenvalue weighted by Crippen LogP contribution is 2.29. The number of unbranched alkanes of at least 4 members (excludes halogenated alkanes) is 1. The molecule has 41 heavy (non-hydrogen) atoms. The van der Waals surface area contributed by atoms with E-state index in [-0.39, 0.29) is 34.4 Å². The number of halogens is 4. The van der Waals surface area contributed by atoms with E-state index < -0.39 is 29.4 Å². The molecule has 10 nitrogen and oxygen atoms in total. The Morgan fingerprint density at radius 2 is 1.49 bits per heavy atom. The minimum Gasteiger partial charge on any atom is -0.497 e. The first-order valence-electron chi connectivity index (χ1n) is 12.2. The summed E-state index contributed by atoms with van der Waals surface area (Å²) >= 11 is 2.25. The fourth-order valence-electron chi connectivity index (χ4n) is 3.51. The van der Waals surface area contributed by atoms with Crippen molar-refractivity contribution in [2.45, 2.75) is 44.9 Å². The zero-order valence-corrected chi connectivity index (χ0v) is 23.1. The molecular formula is C25H23F4N7O3S2. The molecule has 0 saturated heterocycles. The average Bonchev–Trinajstić information content (AvgIpc) is 3.63. The molecule has 0 saturated carbocycles. The number of benzene rings is 1. The van der Waals surface area contributed by atoms with Crippen LogP contribution in [0.25, 0.3) is 0 Å². The summed E-state index contributed by atoms with van der Waals surface area (Å²) in [6.07, 6.45) is -0.905. The van der Waals surface area contributed by atoms with Gasteiger partial charge in [-0.05, 0) is 43.2 Å². The second-order valence-electron chi connectivity index (χ2n) is 8.57. The third-order valence-corrected chi connectivity index (χ3v) is 7.58. The first-order chi connectivity index (χ1) is 19.6. The Bertz CT molecular complexity index is 1510. The van der Waals surface area contributed by atoms with Crippen LogP contribution in [0.5, 0.6) is 5.75 Å². The van der Waals surface area contributed by atoms with Crippen LogP contribution in [0, 0.1) is 5.82 Å². The van der Waals surface area contributed by atoms with E-state index in [9.17, 15) is 27.2 Å². The molecule has 1 aromatic carbocycles. The first-order valence-corrected chi connectivity index (χ1v) is 13.8. The van der Waals surface area contributed by atoms with Crippen LogP contribution in [0.2, 0.25) is 0 Å². The van der Waals surface area contributed by atoms with Gasteiger partial charge in [0.05, 0.1) is 24.9 Å². The number of aryl methyl sites for hydroxylation is 2. The van der Waals surface area contributed by atoms with E-state index in [0.29, 0.717) is 41.4 Å². The molecule has 2 N–H and O–H groups in total. The number of nitrogens with one attached hydrogen (secondary N) is 2. The van der Waals surface area contributed by atoms with Crippen molar-refractivity contribution in [3.8, 4) is 5.75 Å². The van der Waals surface area contributed by atoms with E-state index >= 15 is 0 Å². The molecule has 0 spiro atoms. The third kappa shape index (κ3) is 8.47. The SMILES string of the molecule is COc1ccc(F)c(CNC(=O)c2nnc(CCCCc3nnc(C(=O)NCc4cc(C(F)(F)F)ccn4)s3)s2)c1. The maximum atomic E-state index is 13.9. The van der Waals surface area contributed by atoms with Gasteiger partial charge in [-0.15, -0.1) is 20.4 Å². The van der Waals surface area contributed by atoms with Gasteiger partial charge in [0.25, 0.3) is 11.8 Å². The number of amides is 2. The minimum atomic E-state index is -4.50. The molecule has 0 fully saturated rings. The van der Waals surface area contributed by atoms with Crippen LogP contribution in [0.15, 0.2) is 36.5 Å². The summed E-state index contributed by atoms with van der Waals surface area (Å²) in [5.41, 5.74) is -0.488. The largest absolute Gasteiger partial charge is 0.497 e. The smallest absolute Gasteiger partial charge is 0.416 e. The number of aromatic nitrogens is 5. The monoisotopic (exact) mass is 609 g/mol. The Kier molecular flexibility index (Phi) is 9.88. The fraction of sp³-hybridized carbons (Fsp3) is 0.320. The fourth-order valence-corrected chi connectivity index (χ4v) is 5.10. The van der Waals surface area contributed by atoms with Gasteiger partial charge in [-0.25, -0.2) is 4.39 Å². The second-order valence-corrected chi connectivity index (χ2v) is 10.7. The van der Waals surface area contributed by atoms with Crippen molar-refractivity contribution in [3.05, 3.63) is 79.2 Å². The third-order valence-electron chi connectivity index (χ3n) is 5.62. The zero-order chi connectivity index (χ0) is 29.4. The van der Waals surface area contributed by atoms with E-state index in [2.05, 4.69) is 36.0 Å². The number of hydrogen-bond acceptors (Lipinski definition) is 10. The Labute approximate surface area is 239 Å². The Morgan fingerprint density at radius 1 is 0.878 bits per heavy atom. The molecule has 3 heterocycles. The quantitative estimate of drug-likeness (QED) is 0.179. The van der Waals surface area contributed by atoms with E-state index in [1.165, 1.54) is 25.3 Å². The molecule has 3 aromatic heterocycles. The number of nitrogens with zero attached hydrogens (tertiary/aromatic N) is 5. The van der Waals surface area contributed by atoms with Gasteiger partial charge in [0.15, 0.2) is 0 Å². The number of hydrogen-bond donors (Lipinski definition) is 2. The predicted molar refractivity (Wildman–Crippen MR) is 141 cm³/mol. The van der Waals surface area contributed by atoms with Crippen LogP contribution >= 0.6 is 22.7 Å². The van der Waals surface area contributed by atoms with Crippen molar-refractivity contribution in [2.24, 2.45) is 0 Å². The van der Waals surface area contributed by atoms with E-state index in [0.717, 1.165) is 41.0 Å². The average molecular weight is 610 g/mol. The summed E-state index contributed by atoms with van der Waals surface area (Å²) in [5, 5.41) is 22.5. The van der Waals surface area contributed by atoms with Crippen molar-refractivity contribution in [3.63, 3.8) is 0 Å². The highest BCUT2D eigenvalue weighted by Gasteiger charge is 2.30. The molecule has 2 amide bonds. The summed E-state index contributed by atoms with van der Waals surface area (Å²) in [6.45, 7) is -0.210. The van der Waals surface area contributed by atoms with Crippen molar-refractivity contribution in [2.75, 3.05) is 7.11 Å². The van der Waals surface area contributed by atoms with Crippen molar-refractivity contribution < 1.29 is 31.9 Å². The Morgan fingerprint density at radius 3 is 2.07 bits per heavy atom. The molecule has 16 heteroatoms. The van der Waals surface area contributed by atoms with Gasteiger partial charge in [-0.2, -0.15) is 13.2 Å². The summed E-state index contributed by atoms with van der Waals surface area (Å²) in [7, 11) is 1.47. The molecular weight excluding hydrogens is 586 g/mol. The lowest BCUT2D eigenvalue weighted by atomic mass is 10.2. The van der Waals surface area contributed by atoms with Crippen LogP contribution < -0.4 is 15.4 Å². The maximum absolute atomic E-state index is 13.9. The van der Waals surface area contributed by atoms with Gasteiger partial charge >= 0.3 is 6.18 Å². The molecule has 4 aromatic rings. The lowest BCUT2D eigenvalue weighted by molar-refractivity contribution is -0.137. The molecule has 4 rings (SSSR count). The molecule has 0 radical (unpaired) electrons. The first kappa shape index (κ1) is 29.9. The van der Waals surface area contributed by atoms with Gasteiger partial charge in [0, 0.05) is 31.1 Å². The standard InChI is InChI=1S/C25H23F4N7O3S2/c1-39-17-6-7-18(26)14(10-17)12-31-21(37)23-35-33-19(40-23)4-2-3-5-20-34-36-24(41-20)22(38)32-13-16-11-15(8-9-30-16)25(27,28)29/h6-11H,2-5,12-13H2,1H3,(H,31,37)(H,32,38). The van der Waals surface area contributed by atoms with Gasteiger partial charge in [0.2, 0.25) is 10.0 Å². The lowest BCUT2D eigenvalue weighted by Gasteiger charge is -2.08. The van der Waals surface area contributed by atoms with E-state index in [4.69, 9.17) is 4.74 Å². The Hall–Kier alpha value is -4.05. The van der Waals surface area contributed by atoms with Crippen LogP contribution in [-0.4, -0.2) is 44.3 Å². The molecule has 0 aliphatic heterocycles. The summed E-state index contributed by atoms with van der Waals surface area (Å²) in [6, 6.07) is 6.00. The van der Waals surface area contributed by atoms with Crippen LogP contribution in [-0.2, 0) is 32.1 Å². The maximum Gasteiger partial charge on any atom is 0.416 e. The number of methoxy groups -OCH3 is 1. The molecule has 0 atom stereocenters. The van der Waals surface area contributed by atoms with Crippen LogP contribution in [0.1, 0.15) is 59.3 Å². The number of carbonyl (C=O) groups is 2. The predicted octanol–water partition coefficient (Wildman–Crippen LogP) is 4.38. The van der Waals surface area contributed by atoms with Crippen molar-refractivity contribution in [1.29, 1.82) is 0 Å². The highest BCUT2D eigenvalue weighted by molar-refractivity contribution is 7.13. The van der Waals surface area contributed by atoms with E-state index in [1.54, 1.807) is 0 Å². The van der Waals surface area contributed by atoms with Gasteiger partial charge in [0.1, 0.15) is 21.6 Å². The molecule has 0 bridgehead atoms. The molecule has 216 valence electrons. The minimum absolute atomic E-state index is 0.0270. The van der Waals surface area contributed by atoms with Gasteiger partial charge in [-0.3, -0.25) is 14.6 Å². The normalized spacial score (nSPS) is 11.3. The summed E-state index contributed by atoms with van der Waals surface area (Å²) < 4.78 is 57.5. The number of pyridine rings is 1. The molecule has 0 unspecified atom stereocenters. The van der Waals surface area contributed by atoms with Crippen molar-refractivity contribution in [1.82, 2.24) is 36.0 Å². The molecule has 0 aliphatic rings. The zero-order valence-electron chi connectivity index (χ0n) is 21.5. The lowest BCUT2D eigenvalue weighted by Crippen LogP contribution is -2.23. The molecule has 0 aliphatic carbocycles. The van der Waals surface area contributed by atoms with Crippen LogP contribution in [0.3, 0.4) is 0 Å². The number of carbonyl (C=O) groups excluding carboxylic acids is 2. The van der Waals surface area contributed by atoms with Crippen LogP contribution in [0.4, 0.5) is 17.6 Å².